The number of benzene rings is 2. The SMILES string of the molecule is C=CCOc1ccc(/C=C2\C(=O)NC(=S)N(c3ccc(CC)cc3)C2=O)cc1OCC. The highest BCUT2D eigenvalue weighted by Gasteiger charge is 2.34. The van der Waals surface area contributed by atoms with Crippen molar-refractivity contribution in [2.45, 2.75) is 20.3 Å². The molecule has 3 rings (SSSR count). The van der Waals surface area contributed by atoms with Crippen LogP contribution in [0, 0.1) is 0 Å². The van der Waals surface area contributed by atoms with Crippen LogP contribution in [0.3, 0.4) is 0 Å². The predicted octanol–water partition coefficient (Wildman–Crippen LogP) is 4.04. The molecule has 1 N–H and O–H groups in total. The van der Waals surface area contributed by atoms with Crippen molar-refractivity contribution in [3.8, 4) is 11.5 Å². The molecule has 1 fully saturated rings. The maximum absolute atomic E-state index is 13.2. The molecule has 1 aliphatic heterocycles. The van der Waals surface area contributed by atoms with Crippen molar-refractivity contribution in [3.63, 3.8) is 0 Å². The molecular weight excluding hydrogens is 412 g/mol. The van der Waals surface area contributed by atoms with Gasteiger partial charge in [0, 0.05) is 0 Å². The van der Waals surface area contributed by atoms with E-state index in [0.717, 1.165) is 12.0 Å². The van der Waals surface area contributed by atoms with Crippen LogP contribution in [0.5, 0.6) is 11.5 Å². The predicted molar refractivity (Wildman–Crippen MR) is 125 cm³/mol. The molecule has 160 valence electrons. The highest BCUT2D eigenvalue weighted by molar-refractivity contribution is 7.80. The highest BCUT2D eigenvalue weighted by atomic mass is 32.1. The van der Waals surface area contributed by atoms with Gasteiger partial charge in [-0.25, -0.2) is 0 Å². The number of carbonyl (C=O) groups excluding carboxylic acids is 2. The lowest BCUT2D eigenvalue weighted by Crippen LogP contribution is -2.54. The molecule has 0 bridgehead atoms. The summed E-state index contributed by atoms with van der Waals surface area (Å²) in [6.07, 6.45) is 4.04. The van der Waals surface area contributed by atoms with Crippen molar-refractivity contribution in [2.24, 2.45) is 0 Å². The molecule has 31 heavy (non-hydrogen) atoms. The molecule has 6 nitrogen and oxygen atoms in total. The average Bonchev–Trinajstić information content (AvgIpc) is 2.76. The summed E-state index contributed by atoms with van der Waals surface area (Å²) < 4.78 is 11.2. The van der Waals surface area contributed by atoms with Gasteiger partial charge in [-0.3, -0.25) is 19.8 Å². The summed E-state index contributed by atoms with van der Waals surface area (Å²) in [7, 11) is 0. The van der Waals surface area contributed by atoms with Crippen LogP contribution in [0.2, 0.25) is 0 Å². The molecule has 1 saturated heterocycles. The van der Waals surface area contributed by atoms with Crippen LogP contribution < -0.4 is 19.7 Å². The Bertz CT molecular complexity index is 1040. The summed E-state index contributed by atoms with van der Waals surface area (Å²) in [5.74, 6) is 0.0522. The van der Waals surface area contributed by atoms with Gasteiger partial charge in [0.05, 0.1) is 12.3 Å². The third-order valence-electron chi connectivity index (χ3n) is 4.64. The summed E-state index contributed by atoms with van der Waals surface area (Å²) >= 11 is 5.26. The molecular formula is C24H24N2O4S. The summed E-state index contributed by atoms with van der Waals surface area (Å²) in [5, 5.41) is 2.65. The zero-order chi connectivity index (χ0) is 22.4. The van der Waals surface area contributed by atoms with Crippen LogP contribution in [0.15, 0.2) is 60.7 Å². The number of rotatable bonds is 8. The zero-order valence-electron chi connectivity index (χ0n) is 17.5. The fourth-order valence-electron chi connectivity index (χ4n) is 3.09. The molecule has 1 heterocycles. The molecule has 0 radical (unpaired) electrons. The minimum Gasteiger partial charge on any atom is -0.490 e. The van der Waals surface area contributed by atoms with Crippen molar-refractivity contribution in [3.05, 3.63) is 71.8 Å². The van der Waals surface area contributed by atoms with Crippen LogP contribution in [0.1, 0.15) is 25.0 Å². The highest BCUT2D eigenvalue weighted by Crippen LogP contribution is 2.30. The number of anilines is 1. The standard InChI is InChI=1S/C24H24N2O4S/c1-4-13-30-20-12-9-17(15-21(20)29-6-3)14-19-22(27)25-24(31)26(23(19)28)18-10-7-16(5-2)8-11-18/h4,7-12,14-15H,1,5-6,13H2,2-3H3,(H,25,27,31)/b19-14+. The minimum absolute atomic E-state index is 0.0182. The van der Waals surface area contributed by atoms with Crippen LogP contribution in [0.4, 0.5) is 5.69 Å². The van der Waals surface area contributed by atoms with Crippen molar-refractivity contribution in [1.29, 1.82) is 0 Å². The monoisotopic (exact) mass is 436 g/mol. The first-order valence-corrected chi connectivity index (χ1v) is 10.4. The lowest BCUT2D eigenvalue weighted by Gasteiger charge is -2.29. The maximum atomic E-state index is 13.2. The first-order valence-electron chi connectivity index (χ1n) is 9.99. The topological polar surface area (TPSA) is 67.9 Å². The molecule has 2 amide bonds. The zero-order valence-corrected chi connectivity index (χ0v) is 18.3. The number of carbonyl (C=O) groups is 2. The lowest BCUT2D eigenvalue weighted by molar-refractivity contribution is -0.122. The van der Waals surface area contributed by atoms with Gasteiger partial charge in [-0.1, -0.05) is 37.8 Å². The fourth-order valence-corrected chi connectivity index (χ4v) is 3.37. The number of thiocarbonyl (C=S) groups is 1. The second-order valence-electron chi connectivity index (χ2n) is 6.72. The second kappa shape index (κ2) is 10.0. The van der Waals surface area contributed by atoms with Crippen LogP contribution in [-0.4, -0.2) is 30.1 Å². The van der Waals surface area contributed by atoms with E-state index in [1.807, 2.05) is 31.2 Å². The number of hydrogen-bond acceptors (Lipinski definition) is 5. The van der Waals surface area contributed by atoms with E-state index in [-0.39, 0.29) is 10.7 Å². The van der Waals surface area contributed by atoms with E-state index in [4.69, 9.17) is 21.7 Å². The van der Waals surface area contributed by atoms with Crippen LogP contribution in [0.25, 0.3) is 6.08 Å². The van der Waals surface area contributed by atoms with Gasteiger partial charge < -0.3 is 9.47 Å². The summed E-state index contributed by atoms with van der Waals surface area (Å²) in [4.78, 5) is 27.0. The molecule has 1 aliphatic rings. The first kappa shape index (κ1) is 22.2. The molecule has 0 unspecified atom stereocenters. The minimum atomic E-state index is -0.540. The molecule has 0 aliphatic carbocycles. The van der Waals surface area contributed by atoms with E-state index in [1.165, 1.54) is 11.0 Å². The van der Waals surface area contributed by atoms with Crippen LogP contribution in [-0.2, 0) is 16.0 Å². The summed E-state index contributed by atoms with van der Waals surface area (Å²) in [5.41, 5.74) is 2.35. The molecule has 0 spiro atoms. The molecule has 0 saturated carbocycles. The van der Waals surface area contributed by atoms with E-state index in [1.54, 1.807) is 24.3 Å². The van der Waals surface area contributed by atoms with E-state index >= 15 is 0 Å². The van der Waals surface area contributed by atoms with Gasteiger partial charge in [0.2, 0.25) is 0 Å². The van der Waals surface area contributed by atoms with Gasteiger partial charge in [0.25, 0.3) is 11.8 Å². The van der Waals surface area contributed by atoms with E-state index in [2.05, 4.69) is 18.8 Å². The van der Waals surface area contributed by atoms with Gasteiger partial charge in [0.1, 0.15) is 12.2 Å². The summed E-state index contributed by atoms with van der Waals surface area (Å²) in [6.45, 7) is 8.34. The molecule has 7 heteroatoms. The largest absolute Gasteiger partial charge is 0.490 e. The number of hydrogen-bond donors (Lipinski definition) is 1. The molecule has 2 aromatic rings. The maximum Gasteiger partial charge on any atom is 0.270 e. The third kappa shape index (κ3) is 5.00. The van der Waals surface area contributed by atoms with E-state index < -0.39 is 11.8 Å². The lowest BCUT2D eigenvalue weighted by atomic mass is 10.1. The van der Waals surface area contributed by atoms with Gasteiger partial charge in [-0.15, -0.1) is 0 Å². The van der Waals surface area contributed by atoms with Gasteiger partial charge >= 0.3 is 0 Å². The molecule has 2 aromatic carbocycles. The van der Waals surface area contributed by atoms with Crippen LogP contribution >= 0.6 is 12.2 Å². The Morgan fingerprint density at radius 1 is 1.06 bits per heavy atom. The van der Waals surface area contributed by atoms with Gasteiger partial charge in [-0.05, 0) is 67.0 Å². The second-order valence-corrected chi connectivity index (χ2v) is 7.10. The number of ether oxygens (including phenoxy) is 2. The van der Waals surface area contributed by atoms with Gasteiger partial charge in [-0.2, -0.15) is 0 Å². The Labute approximate surface area is 187 Å². The Morgan fingerprint density at radius 2 is 1.81 bits per heavy atom. The van der Waals surface area contributed by atoms with Crippen molar-refractivity contribution in [1.82, 2.24) is 5.32 Å². The quantitative estimate of drug-likeness (QED) is 0.293. The number of nitrogens with one attached hydrogen (secondary N) is 1. The number of aryl methyl sites for hydroxylation is 1. The van der Waals surface area contributed by atoms with Crippen molar-refractivity contribution < 1.29 is 19.1 Å². The van der Waals surface area contributed by atoms with Crippen molar-refractivity contribution in [2.75, 3.05) is 18.1 Å². The number of nitrogens with zero attached hydrogens (tertiary/aromatic N) is 1. The van der Waals surface area contributed by atoms with E-state index in [9.17, 15) is 9.59 Å². The Balaban J connectivity index is 1.95. The smallest absolute Gasteiger partial charge is 0.270 e. The van der Waals surface area contributed by atoms with E-state index in [0.29, 0.717) is 36.0 Å². The normalized spacial score (nSPS) is 15.1. The fraction of sp³-hybridized carbons (Fsp3) is 0.208. The summed E-state index contributed by atoms with van der Waals surface area (Å²) in [6, 6.07) is 12.7. The number of amides is 2. The van der Waals surface area contributed by atoms with Crippen molar-refractivity contribution >= 4 is 40.9 Å². The van der Waals surface area contributed by atoms with Gasteiger partial charge in [0.15, 0.2) is 16.6 Å². The average molecular weight is 437 g/mol. The Hall–Kier alpha value is -3.45. The Morgan fingerprint density at radius 3 is 2.45 bits per heavy atom. The molecule has 0 atom stereocenters. The molecule has 0 aromatic heterocycles. The Kier molecular flexibility index (Phi) is 7.20. The first-order chi connectivity index (χ1) is 15.0. The third-order valence-corrected chi connectivity index (χ3v) is 4.92.